The van der Waals surface area contributed by atoms with E-state index in [9.17, 15) is 4.79 Å². The predicted octanol–water partition coefficient (Wildman–Crippen LogP) is 5.90. The molecule has 3 aliphatic rings. The fourth-order valence-corrected chi connectivity index (χ4v) is 7.48. The van der Waals surface area contributed by atoms with Crippen LogP contribution in [0.3, 0.4) is 0 Å². The minimum atomic E-state index is -0.692. The number of Topliss-reactive ketones (excluding diaryl/α,β-unsaturated/α-hetero) is 1. The van der Waals surface area contributed by atoms with Gasteiger partial charge in [0, 0.05) is 60.5 Å². The largest absolute Gasteiger partial charge is 0.476 e. The van der Waals surface area contributed by atoms with Gasteiger partial charge in [-0.2, -0.15) is 4.98 Å². The van der Waals surface area contributed by atoms with Crippen LogP contribution in [0.5, 0.6) is 11.8 Å². The van der Waals surface area contributed by atoms with Gasteiger partial charge >= 0.3 is 0 Å². The molecular formula is C38H49N7O3. The van der Waals surface area contributed by atoms with Gasteiger partial charge in [0.1, 0.15) is 23.8 Å². The molecule has 0 N–H and O–H groups in total. The fourth-order valence-electron chi connectivity index (χ4n) is 7.48. The average Bonchev–Trinajstić information content (AvgIpc) is 3.42. The molecule has 0 amide bonds. The highest BCUT2D eigenvalue weighted by atomic mass is 16.5. The minimum absolute atomic E-state index is 0.118. The van der Waals surface area contributed by atoms with Crippen molar-refractivity contribution >= 4 is 11.4 Å². The normalized spacial score (nSPS) is 18.5. The van der Waals surface area contributed by atoms with Crippen molar-refractivity contribution in [3.63, 3.8) is 0 Å². The number of carbonyl (C=O) groups excluding carboxylic acids is 1. The molecule has 7 rings (SSSR count). The van der Waals surface area contributed by atoms with Gasteiger partial charge in [0.05, 0.1) is 5.69 Å². The molecule has 254 valence electrons. The number of likely N-dealkylation sites (tertiary alicyclic amines) is 1. The van der Waals surface area contributed by atoms with Crippen LogP contribution in [0, 0.1) is 33.1 Å². The second kappa shape index (κ2) is 12.5. The molecule has 10 heteroatoms. The summed E-state index contributed by atoms with van der Waals surface area (Å²) in [5.74, 6) is 2.08. The number of ether oxygens (including phenoxy) is 2. The molecule has 2 aliphatic heterocycles. The number of hydrogen-bond acceptors (Lipinski definition) is 9. The van der Waals surface area contributed by atoms with Crippen molar-refractivity contribution in [2.24, 2.45) is 5.41 Å². The highest BCUT2D eigenvalue weighted by molar-refractivity contribution is 5.83. The van der Waals surface area contributed by atoms with Crippen LogP contribution in [0.1, 0.15) is 97.4 Å². The number of aromatic nitrogens is 5. The van der Waals surface area contributed by atoms with Crippen LogP contribution in [0.25, 0.3) is 5.65 Å². The van der Waals surface area contributed by atoms with Gasteiger partial charge in [0.25, 0.3) is 0 Å². The molecule has 0 bridgehead atoms. The van der Waals surface area contributed by atoms with E-state index in [0.717, 1.165) is 89.7 Å². The predicted molar refractivity (Wildman–Crippen MR) is 185 cm³/mol. The lowest BCUT2D eigenvalue weighted by Gasteiger charge is -2.34. The Morgan fingerprint density at radius 1 is 1.02 bits per heavy atom. The molecule has 4 aromatic rings. The lowest BCUT2D eigenvalue weighted by atomic mass is 9.70. The lowest BCUT2D eigenvalue weighted by molar-refractivity contribution is -0.125. The van der Waals surface area contributed by atoms with Crippen molar-refractivity contribution in [3.05, 3.63) is 75.5 Å². The molecule has 0 radical (unpaired) electrons. The SMILES string of the molecule is CC(=O)C(C)(C)[C@@H](c1ccc(C)c(CN2Cc3cc(C)c(OCCN4CCCC4)nc3OC3(CC3)C2)n1)c1ccn2c(C)nnc2c1C. The molecule has 1 aliphatic carbocycles. The van der Waals surface area contributed by atoms with E-state index in [-0.39, 0.29) is 17.3 Å². The third kappa shape index (κ3) is 6.20. The van der Waals surface area contributed by atoms with Gasteiger partial charge in [-0.25, -0.2) is 0 Å². The summed E-state index contributed by atoms with van der Waals surface area (Å²) >= 11 is 0. The molecule has 4 aromatic heterocycles. The van der Waals surface area contributed by atoms with E-state index in [0.29, 0.717) is 31.5 Å². The Morgan fingerprint density at radius 2 is 1.79 bits per heavy atom. The number of carbonyl (C=O) groups is 1. The number of fused-ring (bicyclic) bond motifs is 2. The molecule has 6 heterocycles. The zero-order chi connectivity index (χ0) is 33.8. The molecule has 1 spiro atoms. The second-order valence-electron chi connectivity index (χ2n) is 14.9. The van der Waals surface area contributed by atoms with Crippen LogP contribution < -0.4 is 9.47 Å². The Balaban J connectivity index is 1.17. The zero-order valence-electron chi connectivity index (χ0n) is 29.6. The minimum Gasteiger partial charge on any atom is -0.476 e. The van der Waals surface area contributed by atoms with E-state index in [4.69, 9.17) is 19.4 Å². The first kappa shape index (κ1) is 32.6. The summed E-state index contributed by atoms with van der Waals surface area (Å²) in [6, 6.07) is 8.54. The summed E-state index contributed by atoms with van der Waals surface area (Å²) < 4.78 is 14.8. The van der Waals surface area contributed by atoms with Crippen LogP contribution in [0.2, 0.25) is 0 Å². The fraction of sp³-hybridized carbons (Fsp3) is 0.553. The monoisotopic (exact) mass is 651 g/mol. The molecule has 0 unspecified atom stereocenters. The summed E-state index contributed by atoms with van der Waals surface area (Å²) in [4.78, 5) is 28.4. The van der Waals surface area contributed by atoms with Gasteiger partial charge < -0.3 is 9.47 Å². The van der Waals surface area contributed by atoms with E-state index >= 15 is 0 Å². The Kier molecular flexibility index (Phi) is 8.52. The van der Waals surface area contributed by atoms with Crippen molar-refractivity contribution in [1.82, 2.24) is 34.4 Å². The average molecular weight is 652 g/mol. The Morgan fingerprint density at radius 3 is 2.52 bits per heavy atom. The molecule has 0 aromatic carbocycles. The number of pyridine rings is 3. The van der Waals surface area contributed by atoms with Crippen LogP contribution >= 0.6 is 0 Å². The Bertz CT molecular complexity index is 1850. The molecule has 2 fully saturated rings. The molecule has 1 saturated carbocycles. The lowest BCUT2D eigenvalue weighted by Crippen LogP contribution is -2.35. The number of aryl methyl sites for hydroxylation is 4. The van der Waals surface area contributed by atoms with Crippen molar-refractivity contribution in [3.8, 4) is 11.8 Å². The zero-order valence-corrected chi connectivity index (χ0v) is 29.6. The van der Waals surface area contributed by atoms with Crippen molar-refractivity contribution in [2.45, 2.75) is 98.8 Å². The molecule has 10 nitrogen and oxygen atoms in total. The molecule has 1 saturated heterocycles. The standard InChI is InChI=1S/C38H49N7O3/c1-24-10-11-31(33(37(6,7)27(4)46)30-12-17-45-28(5)41-42-34(45)26(30)3)39-32(24)22-44-21-29-20-25(2)35(47-19-18-43-15-8-9-16-43)40-36(29)48-38(23-44)13-14-38/h10-12,17,20,33H,8-9,13-16,18-19,21-23H2,1-7H3/t33-/m1/s1. The third-order valence-corrected chi connectivity index (χ3v) is 10.9. The first-order valence-corrected chi connectivity index (χ1v) is 17.5. The van der Waals surface area contributed by atoms with E-state index in [1.165, 1.54) is 12.8 Å². The maximum Gasteiger partial charge on any atom is 0.221 e. The van der Waals surface area contributed by atoms with Crippen molar-refractivity contribution in [1.29, 1.82) is 0 Å². The number of hydrogen-bond donors (Lipinski definition) is 0. The van der Waals surface area contributed by atoms with Crippen LogP contribution in [-0.4, -0.2) is 78.5 Å². The van der Waals surface area contributed by atoms with Gasteiger partial charge in [-0.15, -0.1) is 10.2 Å². The first-order valence-electron chi connectivity index (χ1n) is 17.5. The smallest absolute Gasteiger partial charge is 0.221 e. The van der Waals surface area contributed by atoms with Gasteiger partial charge in [-0.1, -0.05) is 19.9 Å². The maximum absolute atomic E-state index is 13.2. The van der Waals surface area contributed by atoms with Gasteiger partial charge in [-0.3, -0.25) is 24.0 Å². The van der Waals surface area contributed by atoms with E-state index in [1.54, 1.807) is 6.92 Å². The molecule has 48 heavy (non-hydrogen) atoms. The molecule has 1 atom stereocenters. The van der Waals surface area contributed by atoms with E-state index < -0.39 is 5.41 Å². The highest BCUT2D eigenvalue weighted by Gasteiger charge is 2.49. The van der Waals surface area contributed by atoms with Crippen LogP contribution in [0.4, 0.5) is 0 Å². The third-order valence-electron chi connectivity index (χ3n) is 10.9. The topological polar surface area (TPSA) is 98.0 Å². The first-order chi connectivity index (χ1) is 22.9. The van der Waals surface area contributed by atoms with E-state index in [2.05, 4.69) is 65.0 Å². The van der Waals surface area contributed by atoms with Crippen molar-refractivity contribution in [2.75, 3.05) is 32.8 Å². The highest BCUT2D eigenvalue weighted by Crippen LogP contribution is 2.46. The summed E-state index contributed by atoms with van der Waals surface area (Å²) in [5.41, 5.74) is 7.10. The molecular weight excluding hydrogens is 602 g/mol. The Hall–Kier alpha value is -3.89. The Labute approximate surface area is 283 Å². The van der Waals surface area contributed by atoms with Crippen LogP contribution in [-0.2, 0) is 17.9 Å². The van der Waals surface area contributed by atoms with Crippen molar-refractivity contribution < 1.29 is 14.3 Å². The van der Waals surface area contributed by atoms with Gasteiger partial charge in [0.15, 0.2) is 5.65 Å². The summed E-state index contributed by atoms with van der Waals surface area (Å²) in [6.45, 7) is 20.0. The summed E-state index contributed by atoms with van der Waals surface area (Å²) in [7, 11) is 0. The van der Waals surface area contributed by atoms with Crippen LogP contribution in [0.15, 0.2) is 30.5 Å². The second-order valence-corrected chi connectivity index (χ2v) is 14.9. The van der Waals surface area contributed by atoms with E-state index in [1.807, 2.05) is 31.4 Å². The number of ketones is 1. The summed E-state index contributed by atoms with van der Waals surface area (Å²) in [6.07, 6.45) is 6.58. The van der Waals surface area contributed by atoms with Gasteiger partial charge in [-0.05, 0) is 108 Å². The van der Waals surface area contributed by atoms with Gasteiger partial charge in [0.2, 0.25) is 11.8 Å². The number of nitrogens with zero attached hydrogens (tertiary/aromatic N) is 7. The quantitative estimate of drug-likeness (QED) is 0.208. The maximum atomic E-state index is 13.2. The summed E-state index contributed by atoms with van der Waals surface area (Å²) in [5, 5.41) is 8.75. The number of rotatable bonds is 10.